The lowest BCUT2D eigenvalue weighted by Crippen LogP contribution is -2.35. The van der Waals surface area contributed by atoms with E-state index in [9.17, 15) is 0 Å². The van der Waals surface area contributed by atoms with Crippen LogP contribution in [0.25, 0.3) is 0 Å². The maximum Gasteiger partial charge on any atom is 0.00453 e. The molecule has 0 aliphatic heterocycles. The molecule has 0 spiro atoms. The van der Waals surface area contributed by atoms with Gasteiger partial charge in [-0.05, 0) is 23.5 Å². The molecule has 0 aliphatic rings. The molecule has 0 heterocycles. The summed E-state index contributed by atoms with van der Waals surface area (Å²) in [6.07, 6.45) is 3.12. The Labute approximate surface area is 119 Å². The van der Waals surface area contributed by atoms with Crippen LogP contribution >= 0.6 is 0 Å². The molecule has 0 amide bonds. The highest BCUT2D eigenvalue weighted by Gasteiger charge is 2.20. The fraction of sp³-hybridized carbons (Fsp3) is 0.556. The van der Waals surface area contributed by atoms with Crippen LogP contribution in [-0.4, -0.2) is 12.6 Å². The van der Waals surface area contributed by atoms with Crippen molar-refractivity contribution in [1.29, 1.82) is 0 Å². The van der Waals surface area contributed by atoms with E-state index in [0.29, 0.717) is 12.0 Å². The van der Waals surface area contributed by atoms with E-state index < -0.39 is 0 Å². The number of rotatable bonds is 7. The summed E-state index contributed by atoms with van der Waals surface area (Å²) in [6, 6.07) is 9.53. The average molecular weight is 259 g/mol. The fourth-order valence-electron chi connectivity index (χ4n) is 2.13. The third-order valence-corrected chi connectivity index (χ3v) is 3.66. The Balaban J connectivity index is 2.72. The number of hydrogen-bond acceptors (Lipinski definition) is 1. The molecular formula is C18H29N. The zero-order chi connectivity index (χ0) is 14.5. The van der Waals surface area contributed by atoms with Crippen molar-refractivity contribution in [2.75, 3.05) is 6.54 Å². The maximum atomic E-state index is 4.01. The third kappa shape index (κ3) is 5.20. The van der Waals surface area contributed by atoms with Crippen molar-refractivity contribution in [3.05, 3.63) is 48.0 Å². The van der Waals surface area contributed by atoms with E-state index in [4.69, 9.17) is 0 Å². The van der Waals surface area contributed by atoms with Gasteiger partial charge in [-0.2, -0.15) is 0 Å². The largest absolute Gasteiger partial charge is 0.314 e. The summed E-state index contributed by atoms with van der Waals surface area (Å²) in [7, 11) is 0. The highest BCUT2D eigenvalue weighted by atomic mass is 14.9. The van der Waals surface area contributed by atoms with Gasteiger partial charge in [0.05, 0.1) is 0 Å². The molecule has 106 valence electrons. The summed E-state index contributed by atoms with van der Waals surface area (Å²) in [5.41, 5.74) is 2.91. The summed E-state index contributed by atoms with van der Waals surface area (Å²) >= 11 is 0. The topological polar surface area (TPSA) is 12.0 Å². The molecule has 1 unspecified atom stereocenters. The van der Waals surface area contributed by atoms with Gasteiger partial charge < -0.3 is 5.32 Å². The molecule has 0 aliphatic carbocycles. The van der Waals surface area contributed by atoms with E-state index in [1.54, 1.807) is 0 Å². The van der Waals surface area contributed by atoms with Gasteiger partial charge in [-0.25, -0.2) is 0 Å². The molecule has 0 radical (unpaired) electrons. The molecule has 0 fully saturated rings. The smallest absolute Gasteiger partial charge is 0.00453 e. The second kappa shape index (κ2) is 6.91. The van der Waals surface area contributed by atoms with Gasteiger partial charge in [0, 0.05) is 18.0 Å². The molecule has 1 heteroatoms. The average Bonchev–Trinajstić information content (AvgIpc) is 2.37. The Hall–Kier alpha value is -1.08. The van der Waals surface area contributed by atoms with E-state index in [2.05, 4.69) is 76.9 Å². The van der Waals surface area contributed by atoms with E-state index in [1.165, 1.54) is 11.1 Å². The number of benzene rings is 1. The standard InChI is InChI=1S/C18H29N/c1-7-18(6,13-19-15(4)5)12-16-8-10-17(11-9-16)14(2)3/h7-11,14-15,19H,1,12-13H2,2-6H3. The first kappa shape index (κ1) is 16.0. The molecule has 1 N–H and O–H groups in total. The monoisotopic (exact) mass is 259 g/mol. The molecule has 1 nitrogen and oxygen atoms in total. The quantitative estimate of drug-likeness (QED) is 0.709. The zero-order valence-corrected chi connectivity index (χ0v) is 13.2. The molecule has 0 aromatic heterocycles. The Morgan fingerprint density at radius 2 is 1.74 bits per heavy atom. The minimum atomic E-state index is 0.115. The molecule has 0 saturated heterocycles. The molecule has 0 saturated carbocycles. The normalized spacial score (nSPS) is 14.7. The van der Waals surface area contributed by atoms with Crippen LogP contribution in [0.4, 0.5) is 0 Å². The van der Waals surface area contributed by atoms with E-state index in [0.717, 1.165) is 13.0 Å². The van der Waals surface area contributed by atoms with E-state index >= 15 is 0 Å². The van der Waals surface area contributed by atoms with E-state index in [-0.39, 0.29) is 5.41 Å². The van der Waals surface area contributed by atoms with Crippen LogP contribution in [0.5, 0.6) is 0 Å². The minimum Gasteiger partial charge on any atom is -0.314 e. The second-order valence-corrected chi connectivity index (χ2v) is 6.47. The van der Waals surface area contributed by atoms with Crippen LogP contribution in [0.15, 0.2) is 36.9 Å². The van der Waals surface area contributed by atoms with Gasteiger partial charge in [0.25, 0.3) is 0 Å². The van der Waals surface area contributed by atoms with Gasteiger partial charge >= 0.3 is 0 Å². The molecule has 0 bridgehead atoms. The SMILES string of the molecule is C=CC(C)(CNC(C)C)Cc1ccc(C(C)C)cc1. The van der Waals surface area contributed by atoms with Crippen molar-refractivity contribution >= 4 is 0 Å². The van der Waals surface area contributed by atoms with Crippen molar-refractivity contribution in [2.24, 2.45) is 5.41 Å². The van der Waals surface area contributed by atoms with Gasteiger partial charge in [-0.15, -0.1) is 6.58 Å². The predicted molar refractivity (Wildman–Crippen MR) is 85.7 cm³/mol. The Bertz CT molecular complexity index is 389. The van der Waals surface area contributed by atoms with Crippen LogP contribution in [-0.2, 0) is 6.42 Å². The van der Waals surface area contributed by atoms with Gasteiger partial charge in [0.15, 0.2) is 0 Å². The molecule has 1 rings (SSSR count). The summed E-state index contributed by atoms with van der Waals surface area (Å²) in [6.45, 7) is 16.1. The highest BCUT2D eigenvalue weighted by Crippen LogP contribution is 2.24. The second-order valence-electron chi connectivity index (χ2n) is 6.47. The maximum absolute atomic E-state index is 4.01. The van der Waals surface area contributed by atoms with Crippen LogP contribution in [0.1, 0.15) is 51.7 Å². The van der Waals surface area contributed by atoms with Crippen molar-refractivity contribution in [3.63, 3.8) is 0 Å². The van der Waals surface area contributed by atoms with Gasteiger partial charge in [-0.3, -0.25) is 0 Å². The molecule has 1 atom stereocenters. The molecular weight excluding hydrogens is 230 g/mol. The third-order valence-electron chi connectivity index (χ3n) is 3.66. The van der Waals surface area contributed by atoms with Crippen LogP contribution < -0.4 is 5.32 Å². The van der Waals surface area contributed by atoms with Crippen molar-refractivity contribution in [3.8, 4) is 0 Å². The lowest BCUT2D eigenvalue weighted by Gasteiger charge is -2.27. The Kier molecular flexibility index (Phi) is 5.81. The summed E-state index contributed by atoms with van der Waals surface area (Å²) in [4.78, 5) is 0. The molecule has 19 heavy (non-hydrogen) atoms. The van der Waals surface area contributed by atoms with Crippen LogP contribution in [0.2, 0.25) is 0 Å². The van der Waals surface area contributed by atoms with Crippen LogP contribution in [0.3, 0.4) is 0 Å². The van der Waals surface area contributed by atoms with Crippen molar-refractivity contribution in [2.45, 2.75) is 53.0 Å². The molecule has 1 aromatic carbocycles. The number of hydrogen-bond donors (Lipinski definition) is 1. The van der Waals surface area contributed by atoms with Gasteiger partial charge in [0.2, 0.25) is 0 Å². The number of nitrogens with one attached hydrogen (secondary N) is 1. The first-order valence-corrected chi connectivity index (χ1v) is 7.32. The Morgan fingerprint density at radius 3 is 2.16 bits per heavy atom. The molecule has 1 aromatic rings. The predicted octanol–water partition coefficient (Wildman–Crippen LogP) is 4.54. The summed E-state index contributed by atoms with van der Waals surface area (Å²) in [5.74, 6) is 0.599. The van der Waals surface area contributed by atoms with Gasteiger partial charge in [0.1, 0.15) is 0 Å². The van der Waals surface area contributed by atoms with Crippen LogP contribution in [0, 0.1) is 5.41 Å². The zero-order valence-electron chi connectivity index (χ0n) is 13.2. The lowest BCUT2D eigenvalue weighted by atomic mass is 9.83. The van der Waals surface area contributed by atoms with Crippen molar-refractivity contribution < 1.29 is 0 Å². The summed E-state index contributed by atoms with van der Waals surface area (Å²) < 4.78 is 0. The lowest BCUT2D eigenvalue weighted by molar-refractivity contribution is 0.373. The fourth-order valence-corrected chi connectivity index (χ4v) is 2.13. The van der Waals surface area contributed by atoms with Crippen molar-refractivity contribution in [1.82, 2.24) is 5.32 Å². The van der Waals surface area contributed by atoms with Gasteiger partial charge in [-0.1, -0.05) is 65.0 Å². The first-order valence-electron chi connectivity index (χ1n) is 7.32. The van der Waals surface area contributed by atoms with E-state index in [1.807, 2.05) is 0 Å². The highest BCUT2D eigenvalue weighted by molar-refractivity contribution is 5.26. The summed E-state index contributed by atoms with van der Waals surface area (Å²) in [5, 5.41) is 3.52. The Morgan fingerprint density at radius 1 is 1.16 bits per heavy atom. The first-order chi connectivity index (χ1) is 8.86. The minimum absolute atomic E-state index is 0.115.